The number of halogens is 2. The van der Waals surface area contributed by atoms with Gasteiger partial charge in [0.25, 0.3) is 5.91 Å². The van der Waals surface area contributed by atoms with Crippen molar-refractivity contribution >= 4 is 69.1 Å². The second kappa shape index (κ2) is 20.7. The molecule has 2 fully saturated rings. The number of rotatable bonds is 19. The van der Waals surface area contributed by atoms with E-state index in [1.165, 1.54) is 22.3 Å². The molecule has 1 saturated heterocycles. The van der Waals surface area contributed by atoms with Gasteiger partial charge in [-0.05, 0) is 68.5 Å². The maximum Gasteiger partial charge on any atom is 0.255 e. The fourth-order valence-electron chi connectivity index (χ4n) is 8.29. The molecule has 5 aromatic rings. The van der Waals surface area contributed by atoms with E-state index in [4.69, 9.17) is 26.1 Å². The molecule has 1 unspecified atom stereocenters. The van der Waals surface area contributed by atoms with Crippen LogP contribution in [0.5, 0.6) is 5.75 Å². The Morgan fingerprint density at radius 3 is 2.66 bits per heavy atom. The Morgan fingerprint density at radius 2 is 1.85 bits per heavy atom. The van der Waals surface area contributed by atoms with Crippen LogP contribution in [0.4, 0.5) is 21.0 Å². The van der Waals surface area contributed by atoms with Crippen LogP contribution in [-0.4, -0.2) is 97.8 Å². The number of carbonyl (C=O) groups excluding carboxylic acids is 5. The molecular formula is C44H47ClFN11O7S. The number of piperidine rings is 1. The van der Waals surface area contributed by atoms with E-state index in [-0.39, 0.29) is 73.7 Å². The number of nitrogens with zero attached hydrogens (tertiary/aromatic N) is 6. The molecule has 3 aliphatic rings. The van der Waals surface area contributed by atoms with Crippen LogP contribution in [0.3, 0.4) is 0 Å². The van der Waals surface area contributed by atoms with Crippen LogP contribution in [0.25, 0.3) is 0 Å². The van der Waals surface area contributed by atoms with Gasteiger partial charge < -0.3 is 35.6 Å². The molecule has 2 aliphatic heterocycles. The molecular weight excluding hydrogens is 881 g/mol. The van der Waals surface area contributed by atoms with E-state index >= 15 is 0 Å². The maximum absolute atomic E-state index is 14.7. The summed E-state index contributed by atoms with van der Waals surface area (Å²) in [5.74, 6) is -1.61. The van der Waals surface area contributed by atoms with Crippen molar-refractivity contribution < 1.29 is 37.8 Å². The zero-order chi connectivity index (χ0) is 45.3. The summed E-state index contributed by atoms with van der Waals surface area (Å²) in [6, 6.07) is 14.6. The Labute approximate surface area is 382 Å². The number of amides is 5. The highest BCUT2D eigenvalue weighted by molar-refractivity contribution is 7.13. The summed E-state index contributed by atoms with van der Waals surface area (Å²) in [5.41, 5.74) is 1.98. The van der Waals surface area contributed by atoms with Gasteiger partial charge in [0.1, 0.15) is 24.2 Å². The van der Waals surface area contributed by atoms with E-state index in [1.54, 1.807) is 47.4 Å². The summed E-state index contributed by atoms with van der Waals surface area (Å²) in [4.78, 5) is 74.5. The first-order valence-corrected chi connectivity index (χ1v) is 22.5. The van der Waals surface area contributed by atoms with Crippen molar-refractivity contribution in [3.8, 4) is 5.75 Å². The average molecular weight is 928 g/mol. The zero-order valence-electron chi connectivity index (χ0n) is 35.2. The van der Waals surface area contributed by atoms with E-state index in [1.807, 2.05) is 23.6 Å². The monoisotopic (exact) mass is 927 g/mol. The lowest BCUT2D eigenvalue weighted by Gasteiger charge is -2.39. The summed E-state index contributed by atoms with van der Waals surface area (Å²) in [6.07, 6.45) is 5.95. The molecule has 0 spiro atoms. The van der Waals surface area contributed by atoms with Crippen molar-refractivity contribution in [1.29, 1.82) is 0 Å². The Hall–Kier alpha value is -6.35. The number of carbonyl (C=O) groups is 5. The minimum Gasteiger partial charge on any atom is -0.487 e. The van der Waals surface area contributed by atoms with Crippen LogP contribution >= 0.6 is 22.9 Å². The summed E-state index contributed by atoms with van der Waals surface area (Å²) in [7, 11) is 0. The van der Waals surface area contributed by atoms with Crippen LogP contribution in [0.1, 0.15) is 65.8 Å². The Balaban J connectivity index is 0.777. The predicted octanol–water partition coefficient (Wildman–Crippen LogP) is 4.54. The number of aromatic nitrogens is 5. The molecule has 1 aliphatic carbocycles. The molecule has 3 aromatic heterocycles. The number of thiazole rings is 1. The van der Waals surface area contributed by atoms with Gasteiger partial charge in [0.15, 0.2) is 16.7 Å². The minimum absolute atomic E-state index is 0.0130. The van der Waals surface area contributed by atoms with Gasteiger partial charge in [-0.25, -0.2) is 14.4 Å². The van der Waals surface area contributed by atoms with Crippen molar-refractivity contribution in [1.82, 2.24) is 45.8 Å². The lowest BCUT2D eigenvalue weighted by Crippen LogP contribution is -2.52. The molecule has 1 atom stereocenters. The van der Waals surface area contributed by atoms with Gasteiger partial charge in [-0.15, -0.1) is 16.4 Å². The smallest absolute Gasteiger partial charge is 0.255 e. The van der Waals surface area contributed by atoms with E-state index < -0.39 is 29.1 Å². The highest BCUT2D eigenvalue weighted by atomic mass is 35.5. The molecule has 340 valence electrons. The predicted molar refractivity (Wildman–Crippen MR) is 237 cm³/mol. The van der Waals surface area contributed by atoms with Crippen molar-refractivity contribution in [3.05, 3.63) is 106 Å². The fourth-order valence-corrected chi connectivity index (χ4v) is 9.00. The Morgan fingerprint density at radius 1 is 1.02 bits per heavy atom. The normalized spacial score (nSPS) is 19.4. The minimum atomic E-state index is -0.814. The molecule has 8 rings (SSSR count). The number of imide groups is 1. The second-order valence-corrected chi connectivity index (χ2v) is 17.3. The van der Waals surface area contributed by atoms with Gasteiger partial charge in [-0.2, -0.15) is 0 Å². The van der Waals surface area contributed by atoms with Gasteiger partial charge in [-0.3, -0.25) is 34.0 Å². The molecule has 18 nitrogen and oxygen atoms in total. The topological polar surface area (TPSA) is 224 Å². The molecule has 0 radical (unpaired) electrons. The number of nitrogens with one attached hydrogen (secondary N) is 5. The first-order valence-electron chi connectivity index (χ1n) is 21.3. The second-order valence-electron chi connectivity index (χ2n) is 16.0. The number of anilines is 3. The van der Waals surface area contributed by atoms with Gasteiger partial charge >= 0.3 is 0 Å². The summed E-state index contributed by atoms with van der Waals surface area (Å²) >= 11 is 7.45. The average Bonchev–Trinajstić information content (AvgIpc) is 4.06. The number of pyridine rings is 1. The first-order chi connectivity index (χ1) is 31.5. The third-order valence-corrected chi connectivity index (χ3v) is 12.6. The highest BCUT2D eigenvalue weighted by Crippen LogP contribution is 2.41. The van der Waals surface area contributed by atoms with Crippen LogP contribution in [0, 0.1) is 11.2 Å². The molecule has 21 heteroatoms. The number of benzene rings is 2. The quantitative estimate of drug-likeness (QED) is 0.0568. The maximum atomic E-state index is 14.7. The third-order valence-electron chi connectivity index (χ3n) is 11.6. The van der Waals surface area contributed by atoms with Crippen LogP contribution in [-0.2, 0) is 50.0 Å². The summed E-state index contributed by atoms with van der Waals surface area (Å²) < 4.78 is 28.0. The van der Waals surface area contributed by atoms with Crippen molar-refractivity contribution in [2.45, 2.75) is 76.7 Å². The van der Waals surface area contributed by atoms with Crippen molar-refractivity contribution in [2.75, 3.05) is 36.9 Å². The number of hydrogen-bond acceptors (Lipinski definition) is 14. The standard InChI is InChI=1S/C44H47ClFN11O7S/c45-32-6-3-8-35(39(32)46)64-29-12-14-44(15-13-29,22-27-4-1-9-36(50-27)52-43-48-18-21-65-43)42(62)49-23-28-24-56(55-54-28)19-16-47-17-20-63-26-38(59)51-33-7-2-5-30-31(33)25-57(41(30)61)34-10-11-37(58)53-40(34)60/h1-9,18,21,24,29,34,47H,10-17,19-20,22-23,25-26H2,(H,49,62)(H,51,59)(H,48,50,52)(H,53,58,60)/t29-,34?,44-. The molecule has 2 aromatic carbocycles. The van der Waals surface area contributed by atoms with E-state index in [0.717, 1.165) is 5.69 Å². The van der Waals surface area contributed by atoms with Crippen LogP contribution in [0.2, 0.25) is 5.02 Å². The number of ether oxygens (including phenoxy) is 2. The largest absolute Gasteiger partial charge is 0.487 e. The van der Waals surface area contributed by atoms with Crippen molar-refractivity contribution in [2.24, 2.45) is 5.41 Å². The van der Waals surface area contributed by atoms with E-state index in [2.05, 4.69) is 41.9 Å². The van der Waals surface area contributed by atoms with E-state index in [9.17, 15) is 28.4 Å². The zero-order valence-corrected chi connectivity index (χ0v) is 36.8. The van der Waals surface area contributed by atoms with Gasteiger partial charge in [0.2, 0.25) is 23.6 Å². The molecule has 5 heterocycles. The summed E-state index contributed by atoms with van der Waals surface area (Å²) in [5, 5.41) is 25.7. The highest BCUT2D eigenvalue weighted by Gasteiger charge is 2.43. The SMILES string of the molecule is O=C1CCC(N2Cc3c(NC(=O)COCCNCCn4cc(CNC(=O)[C@]5(Cc6cccc(Nc7nccs7)n6)CC[C@@H](Oc6cccc(Cl)c6F)CC5)nn4)cccc3C2=O)C(=O)N1. The van der Waals surface area contributed by atoms with Crippen LogP contribution in [0.15, 0.2) is 72.4 Å². The lowest BCUT2D eigenvalue weighted by atomic mass is 9.69. The van der Waals surface area contributed by atoms with Crippen LogP contribution < -0.4 is 31.3 Å². The molecule has 1 saturated carbocycles. The first kappa shape index (κ1) is 45.2. The van der Waals surface area contributed by atoms with Crippen molar-refractivity contribution in [3.63, 3.8) is 0 Å². The molecule has 0 bridgehead atoms. The van der Waals surface area contributed by atoms with Gasteiger partial charge in [0, 0.05) is 66.6 Å². The van der Waals surface area contributed by atoms with Gasteiger partial charge in [-0.1, -0.05) is 35.0 Å². The van der Waals surface area contributed by atoms with Gasteiger partial charge in [0.05, 0.1) is 42.4 Å². The number of fused-ring (bicyclic) bond motifs is 1. The van der Waals surface area contributed by atoms with E-state index in [0.29, 0.717) is 85.2 Å². The Bertz CT molecular complexity index is 2540. The molecule has 65 heavy (non-hydrogen) atoms. The molecule has 5 N–H and O–H groups in total. The third kappa shape index (κ3) is 11.1. The fraction of sp³-hybridized carbons (Fsp3) is 0.386. The summed E-state index contributed by atoms with van der Waals surface area (Å²) in [6.45, 7) is 1.84. The molecule has 5 amide bonds. The number of hydrogen-bond donors (Lipinski definition) is 5. The lowest BCUT2D eigenvalue weighted by molar-refractivity contribution is -0.137. The Kier molecular flexibility index (Phi) is 14.4.